The average Bonchev–Trinajstić information content (AvgIpc) is 3.28. The fourth-order valence-corrected chi connectivity index (χ4v) is 4.83. The third kappa shape index (κ3) is 4.73. The molecular weight excluding hydrogens is 515 g/mol. The molecule has 0 spiro atoms. The number of methoxy groups -OCH3 is 1. The Morgan fingerprint density at radius 3 is 3.00 bits per heavy atom. The van der Waals surface area contributed by atoms with Gasteiger partial charge in [0.2, 0.25) is 0 Å². The van der Waals surface area contributed by atoms with Crippen molar-refractivity contribution in [3.8, 4) is 11.5 Å². The second-order valence-corrected chi connectivity index (χ2v) is 9.43. The topological polar surface area (TPSA) is 68.7 Å². The van der Waals surface area contributed by atoms with Crippen LogP contribution in [-0.2, 0) is 4.74 Å². The minimum atomic E-state index is -0.460. The molecule has 1 N–H and O–H groups in total. The molecule has 2 atom stereocenters. The zero-order valence-corrected chi connectivity index (χ0v) is 20.3. The average molecular weight is 538 g/mol. The van der Waals surface area contributed by atoms with E-state index >= 15 is 0 Å². The third-order valence-corrected chi connectivity index (χ3v) is 7.27. The molecule has 5 rings (SSSR count). The Kier molecular flexibility index (Phi) is 6.56. The van der Waals surface area contributed by atoms with Crippen molar-refractivity contribution in [3.05, 3.63) is 45.9 Å². The molecule has 2 aliphatic rings. The van der Waals surface area contributed by atoms with Gasteiger partial charge in [-0.2, -0.15) is 0 Å². The number of aromatic nitrogens is 2. The van der Waals surface area contributed by atoms with Gasteiger partial charge in [0.15, 0.2) is 11.5 Å². The fourth-order valence-electron chi connectivity index (χ4n) is 4.35. The highest BCUT2D eigenvalue weighted by molar-refractivity contribution is 9.10. The van der Waals surface area contributed by atoms with Crippen LogP contribution >= 0.6 is 27.5 Å². The van der Waals surface area contributed by atoms with Crippen LogP contribution < -0.4 is 14.8 Å². The molecule has 7 nitrogen and oxygen atoms in total. The van der Waals surface area contributed by atoms with E-state index in [0.717, 1.165) is 19.7 Å². The van der Waals surface area contributed by atoms with Gasteiger partial charge in [0.25, 0.3) is 0 Å². The zero-order chi connectivity index (χ0) is 22.9. The lowest BCUT2D eigenvalue weighted by molar-refractivity contribution is -0.0655. The minimum absolute atomic E-state index is 0.00695. The lowest BCUT2D eigenvalue weighted by Gasteiger charge is -2.35. The lowest BCUT2D eigenvalue weighted by atomic mass is 10.2. The van der Waals surface area contributed by atoms with Crippen molar-refractivity contribution in [1.29, 1.82) is 0 Å². The number of nitrogens with one attached hydrogen (secondary N) is 1. The number of halogens is 3. The van der Waals surface area contributed by atoms with Crippen LogP contribution in [0.25, 0.3) is 10.9 Å². The number of anilines is 2. The molecular formula is C23H23BrClFN4O3. The van der Waals surface area contributed by atoms with E-state index in [1.807, 2.05) is 0 Å². The summed E-state index contributed by atoms with van der Waals surface area (Å²) in [4.78, 5) is 11.1. The number of hydrogen-bond donors (Lipinski definition) is 1. The lowest BCUT2D eigenvalue weighted by Crippen LogP contribution is -2.48. The van der Waals surface area contributed by atoms with Crippen molar-refractivity contribution in [2.24, 2.45) is 0 Å². The van der Waals surface area contributed by atoms with Crippen LogP contribution in [0.2, 0.25) is 5.02 Å². The van der Waals surface area contributed by atoms with Gasteiger partial charge in [-0.05, 0) is 53.5 Å². The van der Waals surface area contributed by atoms with Crippen LogP contribution in [0.15, 0.2) is 35.1 Å². The quantitative estimate of drug-likeness (QED) is 0.435. The standard InChI is InChI=1S/C23H23BrClFN4O3/c1-31-21-5-15-19(8-22(21)33-11-14-9-30-4-2-3-13(30)10-32-14)27-12-28-23(15)29-20-7-17(25)16(24)6-18(20)26/h5-8,12-14H,2-4,9-11H2,1H3,(H,27,28,29). The molecule has 0 saturated carbocycles. The first-order valence-electron chi connectivity index (χ1n) is 10.7. The molecule has 0 amide bonds. The van der Waals surface area contributed by atoms with E-state index in [1.165, 1.54) is 31.3 Å². The summed E-state index contributed by atoms with van der Waals surface area (Å²) in [7, 11) is 1.57. The summed E-state index contributed by atoms with van der Waals surface area (Å²) in [5.41, 5.74) is 0.841. The molecule has 33 heavy (non-hydrogen) atoms. The number of hydrogen-bond acceptors (Lipinski definition) is 7. The van der Waals surface area contributed by atoms with Gasteiger partial charge < -0.3 is 19.5 Å². The number of ether oxygens (including phenoxy) is 3. The molecule has 2 fully saturated rings. The van der Waals surface area contributed by atoms with E-state index in [1.54, 1.807) is 19.2 Å². The van der Waals surface area contributed by atoms with Crippen molar-refractivity contribution < 1.29 is 18.6 Å². The summed E-state index contributed by atoms with van der Waals surface area (Å²) in [6, 6.07) is 6.93. The van der Waals surface area contributed by atoms with E-state index in [2.05, 4.69) is 36.1 Å². The summed E-state index contributed by atoms with van der Waals surface area (Å²) in [5.74, 6) is 1.07. The summed E-state index contributed by atoms with van der Waals surface area (Å²) in [6.45, 7) is 3.17. The predicted octanol–water partition coefficient (Wildman–Crippen LogP) is 5.18. The van der Waals surface area contributed by atoms with Gasteiger partial charge >= 0.3 is 0 Å². The summed E-state index contributed by atoms with van der Waals surface area (Å²) in [5, 5.41) is 4.05. The molecule has 0 bridgehead atoms. The highest BCUT2D eigenvalue weighted by atomic mass is 79.9. The van der Waals surface area contributed by atoms with Crippen LogP contribution in [0.1, 0.15) is 12.8 Å². The molecule has 0 radical (unpaired) electrons. The second kappa shape index (κ2) is 9.58. The van der Waals surface area contributed by atoms with Gasteiger partial charge in [-0.1, -0.05) is 11.6 Å². The van der Waals surface area contributed by atoms with Gasteiger partial charge in [-0.25, -0.2) is 14.4 Å². The van der Waals surface area contributed by atoms with E-state index in [4.69, 9.17) is 25.8 Å². The van der Waals surface area contributed by atoms with Crippen molar-refractivity contribution >= 4 is 49.9 Å². The molecule has 3 heterocycles. The molecule has 174 valence electrons. The van der Waals surface area contributed by atoms with E-state index in [0.29, 0.717) is 50.4 Å². The minimum Gasteiger partial charge on any atom is -0.493 e. The van der Waals surface area contributed by atoms with Crippen molar-refractivity contribution in [2.45, 2.75) is 25.0 Å². The van der Waals surface area contributed by atoms with Gasteiger partial charge in [-0.15, -0.1) is 0 Å². The van der Waals surface area contributed by atoms with Crippen LogP contribution in [0.4, 0.5) is 15.9 Å². The summed E-state index contributed by atoms with van der Waals surface area (Å²) >= 11 is 9.35. The Hall–Kier alpha value is -2.20. The van der Waals surface area contributed by atoms with Crippen LogP contribution in [0.3, 0.4) is 0 Å². The Morgan fingerprint density at radius 2 is 2.15 bits per heavy atom. The zero-order valence-electron chi connectivity index (χ0n) is 18.0. The van der Waals surface area contributed by atoms with Crippen molar-refractivity contribution in [1.82, 2.24) is 14.9 Å². The number of rotatable bonds is 6. The van der Waals surface area contributed by atoms with Crippen molar-refractivity contribution in [3.63, 3.8) is 0 Å². The third-order valence-electron chi connectivity index (χ3n) is 6.07. The monoisotopic (exact) mass is 536 g/mol. The first-order valence-corrected chi connectivity index (χ1v) is 11.9. The van der Waals surface area contributed by atoms with Crippen molar-refractivity contribution in [2.75, 3.05) is 38.7 Å². The maximum atomic E-state index is 14.4. The Morgan fingerprint density at radius 1 is 1.27 bits per heavy atom. The van der Waals surface area contributed by atoms with Gasteiger partial charge in [0.1, 0.15) is 30.7 Å². The molecule has 2 aromatic carbocycles. The number of fused-ring (bicyclic) bond motifs is 2. The maximum Gasteiger partial charge on any atom is 0.163 e. The highest BCUT2D eigenvalue weighted by Crippen LogP contribution is 2.36. The van der Waals surface area contributed by atoms with Crippen LogP contribution in [0.5, 0.6) is 11.5 Å². The van der Waals surface area contributed by atoms with E-state index < -0.39 is 5.82 Å². The largest absolute Gasteiger partial charge is 0.493 e. The Bertz CT molecular complexity index is 1180. The van der Waals surface area contributed by atoms with Crippen LogP contribution in [-0.4, -0.2) is 60.4 Å². The summed E-state index contributed by atoms with van der Waals surface area (Å²) in [6.07, 6.45) is 3.86. The summed E-state index contributed by atoms with van der Waals surface area (Å²) < 4.78 is 32.6. The second-order valence-electron chi connectivity index (χ2n) is 8.17. The number of nitrogens with zero attached hydrogens (tertiary/aromatic N) is 3. The Balaban J connectivity index is 1.37. The van der Waals surface area contributed by atoms with Gasteiger partial charge in [0, 0.05) is 28.5 Å². The predicted molar refractivity (Wildman–Crippen MR) is 128 cm³/mol. The van der Waals surface area contributed by atoms with Gasteiger partial charge in [0.05, 0.1) is 29.9 Å². The smallest absolute Gasteiger partial charge is 0.163 e. The molecule has 0 aliphatic carbocycles. The fraction of sp³-hybridized carbons (Fsp3) is 0.391. The van der Waals surface area contributed by atoms with Crippen LogP contribution in [0, 0.1) is 5.82 Å². The molecule has 2 saturated heterocycles. The highest BCUT2D eigenvalue weighted by Gasteiger charge is 2.32. The molecule has 1 aromatic heterocycles. The molecule has 2 unspecified atom stereocenters. The van der Waals surface area contributed by atoms with E-state index in [9.17, 15) is 4.39 Å². The van der Waals surface area contributed by atoms with Gasteiger partial charge in [-0.3, -0.25) is 4.90 Å². The SMILES string of the molecule is COc1cc2c(Nc3cc(Cl)c(Br)cc3F)ncnc2cc1OCC1CN2CCCC2CO1. The number of morpholine rings is 1. The molecule has 10 heteroatoms. The first kappa shape index (κ1) is 22.6. The Labute approximate surface area is 204 Å². The molecule has 3 aromatic rings. The molecule has 2 aliphatic heterocycles. The number of benzene rings is 2. The van der Waals surface area contributed by atoms with E-state index in [-0.39, 0.29) is 11.8 Å². The maximum absolute atomic E-state index is 14.4. The normalized spacial score (nSPS) is 20.6. The first-order chi connectivity index (χ1) is 16.0.